The van der Waals surface area contributed by atoms with Crippen molar-refractivity contribution in [2.75, 3.05) is 6.61 Å². The smallest absolute Gasteiger partial charge is 0.0717 e. The predicted molar refractivity (Wildman–Crippen MR) is 98.3 cm³/mol. The van der Waals surface area contributed by atoms with E-state index in [2.05, 4.69) is 45.9 Å². The molecule has 0 radical (unpaired) electrons. The van der Waals surface area contributed by atoms with Gasteiger partial charge in [0.15, 0.2) is 0 Å². The maximum atomic E-state index is 10.2. The number of rotatable bonds is 11. The maximum Gasteiger partial charge on any atom is 0.0717 e. The minimum absolute atomic E-state index is 0.216. The molecule has 0 aliphatic rings. The zero-order chi connectivity index (χ0) is 17.1. The van der Waals surface area contributed by atoms with Crippen LogP contribution in [0.2, 0.25) is 0 Å². The third-order valence-electron chi connectivity index (χ3n) is 4.07. The van der Waals surface area contributed by atoms with E-state index < -0.39 is 0 Å². The van der Waals surface area contributed by atoms with E-state index in [-0.39, 0.29) is 6.10 Å². The molecule has 1 rings (SSSR count). The van der Waals surface area contributed by atoms with Crippen LogP contribution in [0, 0.1) is 11.8 Å². The lowest BCUT2D eigenvalue weighted by molar-refractivity contribution is 0.0579. The van der Waals surface area contributed by atoms with Crippen LogP contribution in [-0.2, 0) is 11.3 Å². The third kappa shape index (κ3) is 10.3. The molecule has 1 aromatic carbocycles. The average molecular weight is 319 g/mol. The van der Waals surface area contributed by atoms with Crippen molar-refractivity contribution in [2.45, 2.75) is 66.1 Å². The van der Waals surface area contributed by atoms with Gasteiger partial charge in [-0.05, 0) is 56.9 Å². The Labute approximate surface area is 142 Å². The Morgan fingerprint density at radius 2 is 1.74 bits per heavy atom. The highest BCUT2D eigenvalue weighted by atomic mass is 16.5. The molecule has 3 atom stereocenters. The minimum atomic E-state index is -0.216. The SMILES string of the molecule is CC(C)=CCCC(C)CC(O)CC(C)COCc1ccccc1. The first kappa shape index (κ1) is 19.9. The van der Waals surface area contributed by atoms with Crippen molar-refractivity contribution < 1.29 is 9.84 Å². The summed E-state index contributed by atoms with van der Waals surface area (Å²) >= 11 is 0. The molecule has 1 N–H and O–H groups in total. The molecule has 0 saturated carbocycles. The van der Waals surface area contributed by atoms with E-state index in [1.807, 2.05) is 18.2 Å². The van der Waals surface area contributed by atoms with Gasteiger partial charge in [0, 0.05) is 6.61 Å². The van der Waals surface area contributed by atoms with Gasteiger partial charge in [0.05, 0.1) is 12.7 Å². The van der Waals surface area contributed by atoms with Gasteiger partial charge in [-0.3, -0.25) is 0 Å². The van der Waals surface area contributed by atoms with Gasteiger partial charge in [-0.25, -0.2) is 0 Å². The number of benzene rings is 1. The first-order chi connectivity index (χ1) is 11.0. The summed E-state index contributed by atoms with van der Waals surface area (Å²) in [4.78, 5) is 0. The van der Waals surface area contributed by atoms with Gasteiger partial charge in [-0.15, -0.1) is 0 Å². The molecular weight excluding hydrogens is 284 g/mol. The summed E-state index contributed by atoms with van der Waals surface area (Å²) in [7, 11) is 0. The van der Waals surface area contributed by atoms with Crippen LogP contribution in [0.1, 0.15) is 58.9 Å². The molecule has 0 amide bonds. The molecule has 0 aliphatic heterocycles. The Kier molecular flexibility index (Phi) is 9.89. The fourth-order valence-corrected chi connectivity index (χ4v) is 2.82. The molecule has 2 heteroatoms. The summed E-state index contributed by atoms with van der Waals surface area (Å²) in [5, 5.41) is 10.2. The van der Waals surface area contributed by atoms with Crippen molar-refractivity contribution in [3.05, 3.63) is 47.5 Å². The second kappa shape index (κ2) is 11.4. The Balaban J connectivity index is 2.15. The maximum absolute atomic E-state index is 10.2. The summed E-state index contributed by atoms with van der Waals surface area (Å²) in [6, 6.07) is 10.2. The highest BCUT2D eigenvalue weighted by molar-refractivity contribution is 5.13. The number of ether oxygens (including phenoxy) is 1. The Bertz CT molecular complexity index is 434. The molecule has 2 nitrogen and oxygen atoms in total. The quantitative estimate of drug-likeness (QED) is 0.556. The van der Waals surface area contributed by atoms with Crippen molar-refractivity contribution in [2.24, 2.45) is 11.8 Å². The van der Waals surface area contributed by atoms with Gasteiger partial charge < -0.3 is 9.84 Å². The van der Waals surface area contributed by atoms with E-state index in [1.165, 1.54) is 11.1 Å². The molecular formula is C21H34O2. The Morgan fingerprint density at radius 1 is 1.09 bits per heavy atom. The zero-order valence-electron chi connectivity index (χ0n) is 15.3. The molecule has 1 aromatic rings. The van der Waals surface area contributed by atoms with Gasteiger partial charge in [0.25, 0.3) is 0 Å². The van der Waals surface area contributed by atoms with Gasteiger partial charge >= 0.3 is 0 Å². The van der Waals surface area contributed by atoms with Gasteiger partial charge in [-0.1, -0.05) is 55.8 Å². The number of hydrogen-bond donors (Lipinski definition) is 1. The number of allylic oxidation sites excluding steroid dienone is 2. The van der Waals surface area contributed by atoms with Gasteiger partial charge in [0.1, 0.15) is 0 Å². The van der Waals surface area contributed by atoms with E-state index in [1.54, 1.807) is 0 Å². The Morgan fingerprint density at radius 3 is 2.39 bits per heavy atom. The third-order valence-corrected chi connectivity index (χ3v) is 4.07. The minimum Gasteiger partial charge on any atom is -0.393 e. The van der Waals surface area contributed by atoms with E-state index in [0.29, 0.717) is 25.0 Å². The second-order valence-electron chi connectivity index (χ2n) is 7.20. The van der Waals surface area contributed by atoms with Crippen LogP contribution in [0.4, 0.5) is 0 Å². The summed E-state index contributed by atoms with van der Waals surface area (Å²) < 4.78 is 5.76. The largest absolute Gasteiger partial charge is 0.393 e. The van der Waals surface area contributed by atoms with E-state index in [4.69, 9.17) is 4.74 Å². The number of hydrogen-bond acceptors (Lipinski definition) is 2. The van der Waals surface area contributed by atoms with Gasteiger partial charge in [0.2, 0.25) is 0 Å². The lowest BCUT2D eigenvalue weighted by Gasteiger charge is -2.19. The molecule has 0 aromatic heterocycles. The molecule has 130 valence electrons. The van der Waals surface area contributed by atoms with Crippen molar-refractivity contribution in [1.29, 1.82) is 0 Å². The highest BCUT2D eigenvalue weighted by Crippen LogP contribution is 2.18. The normalized spacial score (nSPS) is 15.0. The van der Waals surface area contributed by atoms with Crippen LogP contribution in [-0.4, -0.2) is 17.8 Å². The van der Waals surface area contributed by atoms with Crippen LogP contribution < -0.4 is 0 Å². The lowest BCUT2D eigenvalue weighted by atomic mass is 9.93. The molecule has 0 fully saturated rings. The van der Waals surface area contributed by atoms with Crippen LogP contribution in [0.5, 0.6) is 0 Å². The van der Waals surface area contributed by atoms with E-state index in [9.17, 15) is 5.11 Å². The molecule has 0 saturated heterocycles. The van der Waals surface area contributed by atoms with Crippen molar-refractivity contribution >= 4 is 0 Å². The van der Waals surface area contributed by atoms with Crippen molar-refractivity contribution in [3.63, 3.8) is 0 Å². The van der Waals surface area contributed by atoms with Crippen LogP contribution >= 0.6 is 0 Å². The van der Waals surface area contributed by atoms with Crippen LogP contribution in [0.25, 0.3) is 0 Å². The molecule has 0 aliphatic carbocycles. The van der Waals surface area contributed by atoms with Crippen molar-refractivity contribution in [1.82, 2.24) is 0 Å². The number of aliphatic hydroxyl groups is 1. The zero-order valence-corrected chi connectivity index (χ0v) is 15.3. The van der Waals surface area contributed by atoms with E-state index >= 15 is 0 Å². The van der Waals surface area contributed by atoms with Gasteiger partial charge in [-0.2, -0.15) is 0 Å². The highest BCUT2D eigenvalue weighted by Gasteiger charge is 2.14. The standard InChI is InChI=1S/C21H34O2/c1-17(2)9-8-10-18(3)13-21(22)14-19(4)15-23-16-20-11-6-5-7-12-20/h5-7,9,11-12,18-19,21-22H,8,10,13-16H2,1-4H3. The predicted octanol–water partition coefficient (Wildman–Crippen LogP) is 5.36. The lowest BCUT2D eigenvalue weighted by Crippen LogP contribution is -2.18. The average Bonchev–Trinajstić information content (AvgIpc) is 2.47. The second-order valence-corrected chi connectivity index (χ2v) is 7.20. The molecule has 23 heavy (non-hydrogen) atoms. The van der Waals surface area contributed by atoms with Crippen LogP contribution in [0.3, 0.4) is 0 Å². The summed E-state index contributed by atoms with van der Waals surface area (Å²) in [6.45, 7) is 10.0. The summed E-state index contributed by atoms with van der Waals surface area (Å²) in [5.41, 5.74) is 2.58. The van der Waals surface area contributed by atoms with E-state index in [0.717, 1.165) is 25.7 Å². The Hall–Kier alpha value is -1.12. The molecule has 0 spiro atoms. The number of aliphatic hydroxyl groups excluding tert-OH is 1. The topological polar surface area (TPSA) is 29.5 Å². The first-order valence-corrected chi connectivity index (χ1v) is 8.90. The summed E-state index contributed by atoms with van der Waals surface area (Å²) in [6.07, 6.45) is 6.05. The monoisotopic (exact) mass is 318 g/mol. The fraction of sp³-hybridized carbons (Fsp3) is 0.619. The van der Waals surface area contributed by atoms with Crippen molar-refractivity contribution in [3.8, 4) is 0 Å². The summed E-state index contributed by atoms with van der Waals surface area (Å²) in [5.74, 6) is 0.955. The molecule has 3 unspecified atom stereocenters. The molecule has 0 heterocycles. The van der Waals surface area contributed by atoms with Crippen LogP contribution in [0.15, 0.2) is 42.0 Å². The molecule has 0 bridgehead atoms. The first-order valence-electron chi connectivity index (χ1n) is 8.90. The fourth-order valence-electron chi connectivity index (χ4n) is 2.82.